The van der Waals surface area contributed by atoms with Gasteiger partial charge in [0.2, 0.25) is 5.91 Å². The molecule has 0 bridgehead atoms. The van der Waals surface area contributed by atoms with Crippen LogP contribution in [0.5, 0.6) is 0 Å². The number of carbonyl (C=O) groups excluding carboxylic acids is 2. The van der Waals surface area contributed by atoms with Crippen molar-refractivity contribution in [3.63, 3.8) is 0 Å². The third-order valence-corrected chi connectivity index (χ3v) is 6.77. The summed E-state index contributed by atoms with van der Waals surface area (Å²) < 4.78 is 1.91. The Hall–Kier alpha value is -3.36. The fourth-order valence-corrected chi connectivity index (χ4v) is 4.67. The number of rotatable bonds is 10. The van der Waals surface area contributed by atoms with E-state index in [1.807, 2.05) is 58.6 Å². The molecule has 0 spiro atoms. The van der Waals surface area contributed by atoms with Crippen LogP contribution < -0.4 is 10.6 Å². The Morgan fingerprint density at radius 1 is 0.970 bits per heavy atom. The van der Waals surface area contributed by atoms with Crippen LogP contribution >= 0.6 is 23.1 Å². The maximum Gasteiger partial charge on any atom is 0.251 e. The first-order valence-corrected chi connectivity index (χ1v) is 12.4. The molecule has 2 amide bonds. The molecule has 33 heavy (non-hydrogen) atoms. The SMILES string of the molecule is O=C(CSc1nccn1-c1ccc(C(=O)NCc2cccs2)cc1)NCCc1ccccc1. The molecule has 2 aromatic carbocycles. The first-order valence-electron chi connectivity index (χ1n) is 10.6. The number of aromatic nitrogens is 2. The molecule has 8 heteroatoms. The van der Waals surface area contributed by atoms with Crippen molar-refractivity contribution >= 4 is 34.9 Å². The number of hydrogen-bond donors (Lipinski definition) is 2. The molecular formula is C25H24N4O2S2. The molecule has 6 nitrogen and oxygen atoms in total. The molecule has 0 atom stereocenters. The molecule has 0 saturated carbocycles. The van der Waals surface area contributed by atoms with E-state index < -0.39 is 0 Å². The largest absolute Gasteiger partial charge is 0.355 e. The van der Waals surface area contributed by atoms with Gasteiger partial charge in [-0.25, -0.2) is 4.98 Å². The third-order valence-electron chi connectivity index (χ3n) is 4.93. The number of carbonyl (C=O) groups is 2. The van der Waals surface area contributed by atoms with Crippen LogP contribution in [-0.4, -0.2) is 33.7 Å². The summed E-state index contributed by atoms with van der Waals surface area (Å²) in [5, 5.41) is 8.60. The van der Waals surface area contributed by atoms with Gasteiger partial charge < -0.3 is 10.6 Å². The standard InChI is InChI=1S/C25H24N4O2S2/c30-23(26-13-12-19-5-2-1-3-6-19)18-33-25-27-14-15-29(25)21-10-8-20(9-11-21)24(31)28-17-22-7-4-16-32-22/h1-11,14-16H,12-13,17-18H2,(H,26,30)(H,28,31). The lowest BCUT2D eigenvalue weighted by atomic mass is 10.1. The first kappa shape index (κ1) is 22.8. The molecule has 0 saturated heterocycles. The van der Waals surface area contributed by atoms with Crippen LogP contribution in [0.1, 0.15) is 20.8 Å². The highest BCUT2D eigenvalue weighted by Crippen LogP contribution is 2.21. The monoisotopic (exact) mass is 476 g/mol. The lowest BCUT2D eigenvalue weighted by molar-refractivity contribution is -0.118. The molecule has 4 aromatic rings. The highest BCUT2D eigenvalue weighted by molar-refractivity contribution is 7.99. The van der Waals surface area contributed by atoms with Crippen molar-refractivity contribution < 1.29 is 9.59 Å². The maximum atomic E-state index is 12.4. The number of nitrogens with one attached hydrogen (secondary N) is 2. The number of hydrogen-bond acceptors (Lipinski definition) is 5. The van der Waals surface area contributed by atoms with E-state index >= 15 is 0 Å². The van der Waals surface area contributed by atoms with Crippen LogP contribution in [-0.2, 0) is 17.8 Å². The average molecular weight is 477 g/mol. The minimum absolute atomic E-state index is 0.0248. The Labute approximate surface area is 201 Å². The summed E-state index contributed by atoms with van der Waals surface area (Å²) in [5.74, 6) is 0.153. The molecule has 2 aromatic heterocycles. The van der Waals surface area contributed by atoms with Crippen LogP contribution in [0.3, 0.4) is 0 Å². The smallest absolute Gasteiger partial charge is 0.251 e. The second-order valence-corrected chi connectivity index (χ2v) is 9.24. The molecular weight excluding hydrogens is 452 g/mol. The lowest BCUT2D eigenvalue weighted by Gasteiger charge is -2.09. The summed E-state index contributed by atoms with van der Waals surface area (Å²) in [5.41, 5.74) is 2.68. The van der Waals surface area contributed by atoms with E-state index in [2.05, 4.69) is 27.8 Å². The van der Waals surface area contributed by atoms with E-state index in [1.165, 1.54) is 17.3 Å². The summed E-state index contributed by atoms with van der Waals surface area (Å²) in [7, 11) is 0. The van der Waals surface area contributed by atoms with Gasteiger partial charge in [-0.1, -0.05) is 48.2 Å². The Morgan fingerprint density at radius 2 is 1.79 bits per heavy atom. The zero-order chi connectivity index (χ0) is 22.9. The van der Waals surface area contributed by atoms with Crippen LogP contribution in [0.15, 0.2) is 89.7 Å². The van der Waals surface area contributed by atoms with E-state index in [1.54, 1.807) is 29.7 Å². The summed E-state index contributed by atoms with van der Waals surface area (Å²) in [6.45, 7) is 1.13. The van der Waals surface area contributed by atoms with E-state index in [-0.39, 0.29) is 17.6 Å². The zero-order valence-electron chi connectivity index (χ0n) is 17.9. The Kier molecular flexibility index (Phi) is 7.94. The molecule has 2 N–H and O–H groups in total. The molecule has 2 heterocycles. The summed E-state index contributed by atoms with van der Waals surface area (Å²) in [4.78, 5) is 30.1. The average Bonchev–Trinajstić information content (AvgIpc) is 3.54. The molecule has 0 radical (unpaired) electrons. The fraction of sp³-hybridized carbons (Fsp3) is 0.160. The number of thioether (sulfide) groups is 1. The minimum atomic E-state index is -0.109. The van der Waals surface area contributed by atoms with Gasteiger partial charge in [0.25, 0.3) is 5.91 Å². The van der Waals surface area contributed by atoms with Crippen LogP contribution in [0.2, 0.25) is 0 Å². The number of benzene rings is 2. The predicted molar refractivity (Wildman–Crippen MR) is 133 cm³/mol. The van der Waals surface area contributed by atoms with E-state index in [0.29, 0.717) is 18.7 Å². The summed E-state index contributed by atoms with van der Waals surface area (Å²) >= 11 is 3.00. The van der Waals surface area contributed by atoms with Gasteiger partial charge in [0, 0.05) is 35.1 Å². The van der Waals surface area contributed by atoms with Gasteiger partial charge in [-0.2, -0.15) is 0 Å². The van der Waals surface area contributed by atoms with E-state index in [0.717, 1.165) is 22.1 Å². The van der Waals surface area contributed by atoms with Crippen molar-refractivity contribution in [1.82, 2.24) is 20.2 Å². The predicted octanol–water partition coefficient (Wildman–Crippen LogP) is 4.31. The van der Waals surface area contributed by atoms with Crippen molar-refractivity contribution in [2.24, 2.45) is 0 Å². The zero-order valence-corrected chi connectivity index (χ0v) is 19.6. The van der Waals surface area contributed by atoms with Crippen LogP contribution in [0.4, 0.5) is 0 Å². The maximum absolute atomic E-state index is 12.4. The fourth-order valence-electron chi connectivity index (χ4n) is 3.22. The Balaban J connectivity index is 1.27. The second-order valence-electron chi connectivity index (χ2n) is 7.26. The van der Waals surface area contributed by atoms with Gasteiger partial charge in [0.1, 0.15) is 0 Å². The third kappa shape index (κ3) is 6.57. The summed E-state index contributed by atoms with van der Waals surface area (Å²) in [6, 6.07) is 21.4. The highest BCUT2D eigenvalue weighted by atomic mass is 32.2. The first-order chi connectivity index (χ1) is 16.2. The molecule has 168 valence electrons. The van der Waals surface area contributed by atoms with Gasteiger partial charge in [-0.3, -0.25) is 14.2 Å². The Bertz CT molecular complexity index is 1170. The van der Waals surface area contributed by atoms with E-state index in [9.17, 15) is 9.59 Å². The molecule has 4 rings (SSSR count). The minimum Gasteiger partial charge on any atom is -0.355 e. The second kappa shape index (κ2) is 11.5. The van der Waals surface area contributed by atoms with Gasteiger partial charge in [0.15, 0.2) is 5.16 Å². The lowest BCUT2D eigenvalue weighted by Crippen LogP contribution is -2.27. The van der Waals surface area contributed by atoms with Crippen molar-refractivity contribution in [2.75, 3.05) is 12.3 Å². The number of thiophene rings is 1. The van der Waals surface area contributed by atoms with Crippen LogP contribution in [0.25, 0.3) is 5.69 Å². The molecule has 0 aliphatic heterocycles. The number of imidazole rings is 1. The van der Waals surface area contributed by atoms with Gasteiger partial charge >= 0.3 is 0 Å². The quantitative estimate of drug-likeness (QED) is 0.334. The number of nitrogens with zero attached hydrogens (tertiary/aromatic N) is 2. The molecule has 0 aliphatic rings. The van der Waals surface area contributed by atoms with Crippen molar-refractivity contribution in [1.29, 1.82) is 0 Å². The number of amides is 2. The molecule has 0 unspecified atom stereocenters. The van der Waals surface area contributed by atoms with Crippen LogP contribution in [0, 0.1) is 0 Å². The topological polar surface area (TPSA) is 76.0 Å². The molecule has 0 fully saturated rings. The van der Waals surface area contributed by atoms with Crippen molar-refractivity contribution in [3.05, 3.63) is 101 Å². The Morgan fingerprint density at radius 3 is 2.55 bits per heavy atom. The summed E-state index contributed by atoms with van der Waals surface area (Å²) in [6.07, 6.45) is 4.36. The van der Waals surface area contributed by atoms with E-state index in [4.69, 9.17) is 0 Å². The van der Waals surface area contributed by atoms with Crippen molar-refractivity contribution in [2.45, 2.75) is 18.1 Å². The van der Waals surface area contributed by atoms with Gasteiger partial charge in [0.05, 0.1) is 12.3 Å². The van der Waals surface area contributed by atoms with Gasteiger partial charge in [-0.15, -0.1) is 11.3 Å². The normalized spacial score (nSPS) is 10.7. The molecule has 0 aliphatic carbocycles. The van der Waals surface area contributed by atoms with Crippen molar-refractivity contribution in [3.8, 4) is 5.69 Å². The van der Waals surface area contributed by atoms with Gasteiger partial charge in [-0.05, 0) is 47.7 Å². The highest BCUT2D eigenvalue weighted by Gasteiger charge is 2.11.